The normalized spacial score (nSPS) is 29.5. The maximum atomic E-state index is 13.5. The Hall–Kier alpha value is -3.84. The molecule has 0 unspecified atom stereocenters. The number of benzene rings is 1. The fourth-order valence-electron chi connectivity index (χ4n) is 5.27. The second-order valence-corrected chi connectivity index (χ2v) is 9.43. The number of hydroxylamine groups is 2. The molecule has 0 aliphatic carbocycles. The molecule has 4 heterocycles. The second kappa shape index (κ2) is 8.83. The first kappa shape index (κ1) is 27.7. The highest BCUT2D eigenvalue weighted by Crippen LogP contribution is 2.46. The van der Waals surface area contributed by atoms with Crippen LogP contribution < -0.4 is 16.8 Å². The van der Waals surface area contributed by atoms with E-state index in [0.717, 1.165) is 9.96 Å². The summed E-state index contributed by atoms with van der Waals surface area (Å²) in [6.07, 6.45) is -12.4. The summed E-state index contributed by atoms with van der Waals surface area (Å²) in [5.74, 6) is -6.22. The fraction of sp³-hybridized carbons (Fsp3) is 0.524. The van der Waals surface area contributed by atoms with Gasteiger partial charge in [-0.2, -0.15) is 26.3 Å². The molecule has 0 aromatic heterocycles. The smallest absolute Gasteiger partial charge is 0.417 e. The lowest BCUT2D eigenvalue weighted by atomic mass is 9.85. The Labute approximate surface area is 220 Å². The number of aliphatic hydroxyl groups is 2. The second-order valence-electron chi connectivity index (χ2n) is 9.43. The van der Waals surface area contributed by atoms with Gasteiger partial charge in [-0.05, 0) is 18.2 Å². The number of hydrogen-bond acceptors (Lipinski definition) is 12. The Morgan fingerprint density at radius 3 is 2.48 bits per heavy atom. The van der Waals surface area contributed by atoms with E-state index in [1.54, 1.807) is 0 Å². The maximum Gasteiger partial charge on any atom is 0.417 e. The first-order chi connectivity index (χ1) is 18.5. The fourth-order valence-corrected chi connectivity index (χ4v) is 5.27. The number of nitrogens with zero attached hydrogens (tertiary/aromatic N) is 4. The number of alkyl halides is 6. The molecule has 1 aromatic carbocycles. The van der Waals surface area contributed by atoms with Crippen molar-refractivity contribution in [1.82, 2.24) is 15.3 Å². The van der Waals surface area contributed by atoms with Gasteiger partial charge in [0.15, 0.2) is 23.7 Å². The van der Waals surface area contributed by atoms with Crippen molar-refractivity contribution in [3.05, 3.63) is 34.9 Å². The van der Waals surface area contributed by atoms with Crippen molar-refractivity contribution < 1.29 is 55.7 Å². The predicted molar refractivity (Wildman–Crippen MR) is 118 cm³/mol. The summed E-state index contributed by atoms with van der Waals surface area (Å²) in [7, 11) is 0. The van der Waals surface area contributed by atoms with Gasteiger partial charge in [-0.3, -0.25) is 9.63 Å². The van der Waals surface area contributed by atoms with Crippen LogP contribution >= 0.6 is 0 Å². The average Bonchev–Trinajstić information content (AvgIpc) is 3.47. The highest BCUT2D eigenvalue weighted by Gasteiger charge is 2.74. The van der Waals surface area contributed by atoms with E-state index in [1.165, 1.54) is 0 Å². The number of nitrogens with one attached hydrogen (secondary N) is 1. The third-order valence-corrected chi connectivity index (χ3v) is 7.06. The molecule has 4 atom stereocenters. The Morgan fingerprint density at radius 2 is 1.88 bits per heavy atom. The number of carbonyl (C=O) groups is 2. The van der Waals surface area contributed by atoms with Crippen LogP contribution in [0.1, 0.15) is 27.9 Å². The molecule has 5 rings (SSSR count). The molecule has 4 aliphatic heterocycles. The molecule has 218 valence electrons. The van der Waals surface area contributed by atoms with Crippen molar-refractivity contribution in [2.24, 2.45) is 21.5 Å². The first-order valence-electron chi connectivity index (χ1n) is 11.6. The maximum absolute atomic E-state index is 13.5. The van der Waals surface area contributed by atoms with Gasteiger partial charge >= 0.3 is 18.3 Å². The number of carbonyl (C=O) groups excluding carboxylic acids is 2. The van der Waals surface area contributed by atoms with Crippen molar-refractivity contribution in [2.45, 2.75) is 48.4 Å². The summed E-state index contributed by atoms with van der Waals surface area (Å²) in [5, 5.41) is 26.1. The van der Waals surface area contributed by atoms with E-state index >= 15 is 0 Å². The highest BCUT2D eigenvalue weighted by atomic mass is 19.4. The van der Waals surface area contributed by atoms with Gasteiger partial charge in [-0.1, -0.05) is 0 Å². The highest BCUT2D eigenvalue weighted by molar-refractivity contribution is 5.92. The lowest BCUT2D eigenvalue weighted by Gasteiger charge is -2.48. The largest absolute Gasteiger partial charge is 0.451 e. The summed E-state index contributed by atoms with van der Waals surface area (Å²) in [4.78, 5) is 39.5. The van der Waals surface area contributed by atoms with Gasteiger partial charge in [0, 0.05) is 0 Å². The zero-order valence-corrected chi connectivity index (χ0v) is 20.0. The standard InChI is InChI=1S/C21H21F6N7O6/c22-20(23,24)8-1-2-10(21(25,26)27)9(5-8)15(36)40-12-7-33-17(29)30-11(6-34-13(35)3-4-39-34)14-18(33,19(12,37)38)32-16(28)31-14/h1-2,5,11-12,14,37-38H,3-4,6-7H2,(H2,29,30)(H3,28,31,32)/t11-,12-,14-,18-/m0/s1. The minimum atomic E-state index is -5.25. The zero-order valence-electron chi connectivity index (χ0n) is 20.0. The Balaban J connectivity index is 1.49. The number of aliphatic imine (C=N–C) groups is 2. The van der Waals surface area contributed by atoms with Crippen LogP contribution in [0.15, 0.2) is 28.2 Å². The molecule has 13 nitrogen and oxygen atoms in total. The molecule has 7 N–H and O–H groups in total. The Bertz CT molecular complexity index is 1320. The van der Waals surface area contributed by atoms with Crippen LogP contribution in [0.4, 0.5) is 26.3 Å². The number of amides is 1. The molecule has 19 heteroatoms. The van der Waals surface area contributed by atoms with Crippen LogP contribution in [-0.4, -0.2) is 93.3 Å². The third-order valence-electron chi connectivity index (χ3n) is 7.06. The molecule has 1 aromatic rings. The molecule has 2 saturated heterocycles. The molecular weight excluding hydrogens is 560 g/mol. The van der Waals surface area contributed by atoms with Crippen molar-refractivity contribution in [3.63, 3.8) is 0 Å². The lowest BCUT2D eigenvalue weighted by molar-refractivity contribution is -0.257. The zero-order chi connectivity index (χ0) is 29.4. The summed E-state index contributed by atoms with van der Waals surface area (Å²) < 4.78 is 85.3. The average molecular weight is 581 g/mol. The molecule has 1 spiro atoms. The van der Waals surface area contributed by atoms with E-state index in [2.05, 4.69) is 15.3 Å². The van der Waals surface area contributed by atoms with E-state index in [0.29, 0.717) is 0 Å². The van der Waals surface area contributed by atoms with Crippen LogP contribution in [0.3, 0.4) is 0 Å². The van der Waals surface area contributed by atoms with E-state index in [4.69, 9.17) is 21.0 Å². The van der Waals surface area contributed by atoms with E-state index in [1.807, 2.05) is 0 Å². The van der Waals surface area contributed by atoms with Crippen molar-refractivity contribution in [2.75, 3.05) is 19.7 Å². The van der Waals surface area contributed by atoms with E-state index < -0.39 is 77.1 Å². The molecule has 0 bridgehead atoms. The molecule has 0 saturated carbocycles. The number of rotatable bonds is 4. The number of guanidine groups is 2. The minimum Gasteiger partial charge on any atom is -0.451 e. The molecule has 4 aliphatic rings. The van der Waals surface area contributed by atoms with Gasteiger partial charge in [-0.25, -0.2) is 19.8 Å². The van der Waals surface area contributed by atoms with Gasteiger partial charge in [0.2, 0.25) is 11.7 Å². The molecule has 1 amide bonds. The summed E-state index contributed by atoms with van der Waals surface area (Å²) in [5.41, 5.74) is 4.88. The summed E-state index contributed by atoms with van der Waals surface area (Å²) >= 11 is 0. The summed E-state index contributed by atoms with van der Waals surface area (Å²) in [6, 6.07) is -2.22. The van der Waals surface area contributed by atoms with Gasteiger partial charge in [0.1, 0.15) is 12.1 Å². The van der Waals surface area contributed by atoms with E-state index in [9.17, 15) is 46.1 Å². The molecule has 0 radical (unpaired) electrons. The monoisotopic (exact) mass is 581 g/mol. The van der Waals surface area contributed by atoms with Gasteiger partial charge in [-0.15, -0.1) is 0 Å². The van der Waals surface area contributed by atoms with E-state index in [-0.39, 0.29) is 49.7 Å². The van der Waals surface area contributed by atoms with Crippen molar-refractivity contribution in [3.8, 4) is 0 Å². The lowest BCUT2D eigenvalue weighted by Crippen LogP contribution is -2.77. The van der Waals surface area contributed by atoms with Gasteiger partial charge in [0.05, 0.1) is 42.8 Å². The first-order valence-corrected chi connectivity index (χ1v) is 11.6. The minimum absolute atomic E-state index is 0.0429. The molecule has 40 heavy (non-hydrogen) atoms. The topological polar surface area (TPSA) is 188 Å². The predicted octanol–water partition coefficient (Wildman–Crippen LogP) is -0.910. The Morgan fingerprint density at radius 1 is 1.18 bits per heavy atom. The van der Waals surface area contributed by atoms with Gasteiger partial charge in [0.25, 0.3) is 0 Å². The third kappa shape index (κ3) is 4.15. The van der Waals surface area contributed by atoms with Crippen molar-refractivity contribution in [1.29, 1.82) is 0 Å². The van der Waals surface area contributed by atoms with Crippen LogP contribution in [0, 0.1) is 0 Å². The van der Waals surface area contributed by atoms with Crippen LogP contribution in [0.2, 0.25) is 0 Å². The molecular formula is C21H21F6N7O6. The SMILES string of the molecule is NC1=N[C@H]2[C@H](CN3OCCC3=O)N=C(N)N3C[C@H](OC(=O)c4cc(C(F)(F)F)ccc4C(F)(F)F)C(O)(O)[C@]23N1. The number of nitrogens with two attached hydrogens (primary N) is 2. The number of halogens is 6. The van der Waals surface area contributed by atoms with Crippen molar-refractivity contribution >= 4 is 23.8 Å². The van der Waals surface area contributed by atoms with Crippen LogP contribution in [0.5, 0.6) is 0 Å². The Kier molecular flexibility index (Phi) is 6.12. The van der Waals surface area contributed by atoms with Crippen LogP contribution in [0.25, 0.3) is 0 Å². The summed E-state index contributed by atoms with van der Waals surface area (Å²) in [6.45, 7) is -0.849. The number of hydrogen-bond donors (Lipinski definition) is 5. The van der Waals surface area contributed by atoms with Gasteiger partial charge < -0.3 is 36.6 Å². The number of esters is 1. The number of ether oxygens (including phenoxy) is 1. The molecule has 2 fully saturated rings. The quantitative estimate of drug-likeness (QED) is 0.169. The van der Waals surface area contributed by atoms with Crippen LogP contribution in [-0.2, 0) is 26.7 Å².